The molecule has 122 valence electrons. The SMILES string of the molecule is CCCC(N)C(=O)Nc1cccc(CSCCC(=O)OC)c1. The van der Waals surface area contributed by atoms with Crippen molar-refractivity contribution in [1.29, 1.82) is 0 Å². The Morgan fingerprint density at radius 1 is 1.41 bits per heavy atom. The number of nitrogens with one attached hydrogen (secondary N) is 1. The highest BCUT2D eigenvalue weighted by Gasteiger charge is 2.12. The maximum atomic E-state index is 11.9. The molecule has 0 fully saturated rings. The Kier molecular flexibility index (Phi) is 8.62. The van der Waals surface area contributed by atoms with Crippen LogP contribution in [0.2, 0.25) is 0 Å². The molecule has 1 rings (SSSR count). The van der Waals surface area contributed by atoms with E-state index in [4.69, 9.17) is 5.73 Å². The smallest absolute Gasteiger partial charge is 0.306 e. The Morgan fingerprint density at radius 3 is 2.86 bits per heavy atom. The minimum absolute atomic E-state index is 0.155. The van der Waals surface area contributed by atoms with Gasteiger partial charge in [-0.25, -0.2) is 0 Å². The van der Waals surface area contributed by atoms with Gasteiger partial charge in [0.15, 0.2) is 0 Å². The van der Waals surface area contributed by atoms with E-state index in [2.05, 4.69) is 10.1 Å². The zero-order valence-corrected chi connectivity index (χ0v) is 13.9. The molecule has 0 aliphatic rings. The lowest BCUT2D eigenvalue weighted by atomic mass is 10.1. The van der Waals surface area contributed by atoms with Crippen LogP contribution in [0.3, 0.4) is 0 Å². The van der Waals surface area contributed by atoms with Crippen LogP contribution >= 0.6 is 11.8 Å². The molecule has 1 atom stereocenters. The largest absolute Gasteiger partial charge is 0.469 e. The zero-order valence-electron chi connectivity index (χ0n) is 13.1. The minimum Gasteiger partial charge on any atom is -0.469 e. The van der Waals surface area contributed by atoms with Gasteiger partial charge in [-0.3, -0.25) is 9.59 Å². The maximum Gasteiger partial charge on any atom is 0.306 e. The lowest BCUT2D eigenvalue weighted by Gasteiger charge is -2.12. The monoisotopic (exact) mass is 324 g/mol. The van der Waals surface area contributed by atoms with Crippen LogP contribution in [0.4, 0.5) is 5.69 Å². The Morgan fingerprint density at radius 2 is 2.18 bits per heavy atom. The lowest BCUT2D eigenvalue weighted by molar-refractivity contribution is -0.140. The normalized spacial score (nSPS) is 11.8. The highest BCUT2D eigenvalue weighted by atomic mass is 32.2. The average molecular weight is 324 g/mol. The number of esters is 1. The van der Waals surface area contributed by atoms with Crippen LogP contribution in [0.5, 0.6) is 0 Å². The molecule has 1 aromatic carbocycles. The fourth-order valence-electron chi connectivity index (χ4n) is 1.86. The molecule has 0 aromatic heterocycles. The summed E-state index contributed by atoms with van der Waals surface area (Å²) in [6, 6.07) is 7.20. The van der Waals surface area contributed by atoms with Crippen LogP contribution in [0.1, 0.15) is 31.7 Å². The van der Waals surface area contributed by atoms with Crippen molar-refractivity contribution in [3.63, 3.8) is 0 Å². The summed E-state index contributed by atoms with van der Waals surface area (Å²) in [5.41, 5.74) is 7.64. The molecule has 0 bridgehead atoms. The molecule has 6 heteroatoms. The molecular formula is C16H24N2O3S. The summed E-state index contributed by atoms with van der Waals surface area (Å²) in [7, 11) is 1.39. The van der Waals surface area contributed by atoms with Crippen molar-refractivity contribution >= 4 is 29.3 Å². The van der Waals surface area contributed by atoms with E-state index in [1.807, 2.05) is 31.2 Å². The molecule has 22 heavy (non-hydrogen) atoms. The number of amides is 1. The fraction of sp³-hybridized carbons (Fsp3) is 0.500. The Bertz CT molecular complexity index is 494. The Labute approximate surface area is 136 Å². The highest BCUT2D eigenvalue weighted by Crippen LogP contribution is 2.17. The van der Waals surface area contributed by atoms with Crippen LogP contribution in [-0.4, -0.2) is 30.8 Å². The van der Waals surface area contributed by atoms with E-state index >= 15 is 0 Å². The molecule has 0 aliphatic heterocycles. The van der Waals surface area contributed by atoms with Crippen molar-refractivity contribution in [3.05, 3.63) is 29.8 Å². The standard InChI is InChI=1S/C16H24N2O3S/c1-3-5-14(17)16(20)18-13-7-4-6-12(10-13)11-22-9-8-15(19)21-2/h4,6-7,10,14H,3,5,8-9,11,17H2,1-2H3,(H,18,20). The Hall–Kier alpha value is -1.53. The van der Waals surface area contributed by atoms with Crippen molar-refractivity contribution in [1.82, 2.24) is 0 Å². The molecule has 1 amide bonds. The molecule has 1 unspecified atom stereocenters. The zero-order chi connectivity index (χ0) is 16.4. The van der Waals surface area contributed by atoms with Crippen molar-refractivity contribution in [3.8, 4) is 0 Å². The maximum absolute atomic E-state index is 11.9. The van der Waals surface area contributed by atoms with Gasteiger partial charge < -0.3 is 15.8 Å². The second kappa shape index (κ2) is 10.2. The summed E-state index contributed by atoms with van der Waals surface area (Å²) in [6.07, 6.45) is 1.96. The number of carbonyl (C=O) groups excluding carboxylic acids is 2. The van der Waals surface area contributed by atoms with E-state index in [9.17, 15) is 9.59 Å². The number of hydrogen-bond acceptors (Lipinski definition) is 5. The van der Waals surface area contributed by atoms with E-state index in [0.717, 1.165) is 23.4 Å². The van der Waals surface area contributed by atoms with Crippen LogP contribution < -0.4 is 11.1 Å². The third-order valence-electron chi connectivity index (χ3n) is 3.08. The number of thioether (sulfide) groups is 1. The number of rotatable bonds is 9. The first-order valence-corrected chi connectivity index (χ1v) is 8.52. The summed E-state index contributed by atoms with van der Waals surface area (Å²) >= 11 is 1.65. The van der Waals surface area contributed by atoms with Gasteiger partial charge in [-0.15, -0.1) is 0 Å². The molecular weight excluding hydrogens is 300 g/mol. The molecule has 0 saturated carbocycles. The lowest BCUT2D eigenvalue weighted by Crippen LogP contribution is -2.35. The molecule has 5 nitrogen and oxygen atoms in total. The van der Waals surface area contributed by atoms with Gasteiger partial charge in [0.25, 0.3) is 0 Å². The summed E-state index contributed by atoms with van der Waals surface area (Å²) in [4.78, 5) is 22.9. The van der Waals surface area contributed by atoms with Crippen molar-refractivity contribution < 1.29 is 14.3 Å². The topological polar surface area (TPSA) is 81.4 Å². The van der Waals surface area contributed by atoms with E-state index < -0.39 is 6.04 Å². The van der Waals surface area contributed by atoms with Crippen LogP contribution in [0.25, 0.3) is 0 Å². The first-order chi connectivity index (χ1) is 10.6. The van der Waals surface area contributed by atoms with Crippen LogP contribution in [0, 0.1) is 0 Å². The van der Waals surface area contributed by atoms with Crippen LogP contribution in [-0.2, 0) is 20.1 Å². The van der Waals surface area contributed by atoms with Gasteiger partial charge in [-0.05, 0) is 24.1 Å². The average Bonchev–Trinajstić information content (AvgIpc) is 2.51. The quantitative estimate of drug-likeness (QED) is 0.539. The fourth-order valence-corrected chi connectivity index (χ4v) is 2.73. The number of ether oxygens (including phenoxy) is 1. The third-order valence-corrected chi connectivity index (χ3v) is 4.11. The number of anilines is 1. The van der Waals surface area contributed by atoms with Gasteiger partial charge in [-0.2, -0.15) is 11.8 Å². The summed E-state index contributed by atoms with van der Waals surface area (Å²) < 4.78 is 4.60. The number of methoxy groups -OCH3 is 1. The van der Waals surface area contributed by atoms with Crippen molar-refractivity contribution in [2.75, 3.05) is 18.2 Å². The number of benzene rings is 1. The number of hydrogen-bond donors (Lipinski definition) is 2. The molecule has 0 radical (unpaired) electrons. The van der Waals surface area contributed by atoms with E-state index in [1.165, 1.54) is 7.11 Å². The minimum atomic E-state index is -0.469. The van der Waals surface area contributed by atoms with Gasteiger partial charge >= 0.3 is 5.97 Å². The summed E-state index contributed by atoms with van der Waals surface area (Å²) in [5.74, 6) is 1.14. The highest BCUT2D eigenvalue weighted by molar-refractivity contribution is 7.98. The predicted molar refractivity (Wildman–Crippen MR) is 90.8 cm³/mol. The summed E-state index contributed by atoms with van der Waals surface area (Å²) in [6.45, 7) is 2.00. The van der Waals surface area contributed by atoms with Gasteiger partial charge in [-0.1, -0.05) is 25.5 Å². The first-order valence-electron chi connectivity index (χ1n) is 7.36. The Balaban J connectivity index is 2.45. The van der Waals surface area contributed by atoms with Crippen molar-refractivity contribution in [2.45, 2.75) is 38.0 Å². The van der Waals surface area contributed by atoms with Crippen molar-refractivity contribution in [2.24, 2.45) is 5.73 Å². The molecule has 0 aliphatic carbocycles. The second-order valence-electron chi connectivity index (χ2n) is 4.96. The van der Waals surface area contributed by atoms with E-state index in [1.54, 1.807) is 11.8 Å². The molecule has 0 spiro atoms. The van der Waals surface area contributed by atoms with Gasteiger partial charge in [0.1, 0.15) is 0 Å². The molecule has 0 heterocycles. The van der Waals surface area contributed by atoms with E-state index in [-0.39, 0.29) is 11.9 Å². The third kappa shape index (κ3) is 6.95. The second-order valence-corrected chi connectivity index (χ2v) is 6.07. The first kappa shape index (κ1) is 18.5. The van der Waals surface area contributed by atoms with Gasteiger partial charge in [0, 0.05) is 17.2 Å². The summed E-state index contributed by atoms with van der Waals surface area (Å²) in [5, 5.41) is 2.84. The number of nitrogens with two attached hydrogens (primary N) is 1. The molecule has 1 aromatic rings. The van der Waals surface area contributed by atoms with Gasteiger partial charge in [0.05, 0.1) is 19.6 Å². The molecule has 3 N–H and O–H groups in total. The predicted octanol–water partition coefficient (Wildman–Crippen LogP) is 2.55. The molecule has 0 saturated heterocycles. The van der Waals surface area contributed by atoms with Crippen LogP contribution in [0.15, 0.2) is 24.3 Å². The van der Waals surface area contributed by atoms with Gasteiger partial charge in [0.2, 0.25) is 5.91 Å². The van der Waals surface area contributed by atoms with E-state index in [0.29, 0.717) is 18.6 Å². The number of carbonyl (C=O) groups is 2.